The molecule has 2 unspecified atom stereocenters. The quantitative estimate of drug-likeness (QED) is 0.498. The molecule has 11 heavy (non-hydrogen) atoms. The number of esters is 1. The van der Waals surface area contributed by atoms with Crippen LogP contribution in [0, 0.1) is 5.92 Å². The maximum absolute atomic E-state index is 11.0. The van der Waals surface area contributed by atoms with Crippen molar-refractivity contribution in [2.24, 2.45) is 5.92 Å². The molecule has 0 N–H and O–H groups in total. The molecule has 2 rings (SSSR count). The zero-order valence-electron chi connectivity index (χ0n) is 6.71. The lowest BCUT2D eigenvalue weighted by molar-refractivity contribution is -0.156. The van der Waals surface area contributed by atoms with Gasteiger partial charge >= 0.3 is 5.97 Å². The Morgan fingerprint density at radius 3 is 3.00 bits per heavy atom. The fourth-order valence-corrected chi connectivity index (χ4v) is 2.17. The Hall–Kier alpha value is -0.530. The number of hydrogen-bond donors (Lipinski definition) is 0. The van der Waals surface area contributed by atoms with Gasteiger partial charge < -0.3 is 4.74 Å². The molecule has 2 fully saturated rings. The molecule has 0 spiro atoms. The highest BCUT2D eigenvalue weighted by atomic mass is 16.5. The molecule has 0 aromatic carbocycles. The van der Waals surface area contributed by atoms with Crippen LogP contribution in [0.4, 0.5) is 0 Å². The average molecular weight is 154 g/mol. The molecule has 62 valence electrons. The van der Waals surface area contributed by atoms with Gasteiger partial charge in [-0.15, -0.1) is 0 Å². The minimum absolute atomic E-state index is 0.0353. The molecule has 1 heterocycles. The van der Waals surface area contributed by atoms with Crippen molar-refractivity contribution in [3.8, 4) is 0 Å². The standard InChI is InChI=1S/C9H14O2/c10-9-6-7-3-1-2-4-8(5-7)11-9/h7-8H,1-6H2. The van der Waals surface area contributed by atoms with Gasteiger partial charge in [-0.3, -0.25) is 4.79 Å². The number of carbonyl (C=O) groups excluding carboxylic acids is 1. The van der Waals surface area contributed by atoms with Crippen molar-refractivity contribution >= 4 is 5.97 Å². The molecule has 1 aliphatic carbocycles. The molecule has 0 amide bonds. The lowest BCUT2D eigenvalue weighted by Gasteiger charge is -2.25. The average Bonchev–Trinajstić information content (AvgIpc) is 2.11. The lowest BCUT2D eigenvalue weighted by atomic mass is 9.94. The third-order valence-electron chi connectivity index (χ3n) is 2.74. The van der Waals surface area contributed by atoms with E-state index in [0.717, 1.165) is 12.8 Å². The SMILES string of the molecule is O=C1CC2CCCCC(C2)O1. The molecular formula is C9H14O2. The van der Waals surface area contributed by atoms with Gasteiger partial charge in [0.2, 0.25) is 0 Å². The van der Waals surface area contributed by atoms with Crippen LogP contribution in [0.3, 0.4) is 0 Å². The summed E-state index contributed by atoms with van der Waals surface area (Å²) in [7, 11) is 0. The smallest absolute Gasteiger partial charge is 0.306 e. The van der Waals surface area contributed by atoms with E-state index in [1.54, 1.807) is 0 Å². The topological polar surface area (TPSA) is 26.3 Å². The van der Waals surface area contributed by atoms with Gasteiger partial charge in [0, 0.05) is 6.42 Å². The summed E-state index contributed by atoms with van der Waals surface area (Å²) < 4.78 is 5.20. The normalized spacial score (nSPS) is 37.6. The predicted molar refractivity (Wildman–Crippen MR) is 41.1 cm³/mol. The van der Waals surface area contributed by atoms with Crippen molar-refractivity contribution in [2.75, 3.05) is 0 Å². The maximum Gasteiger partial charge on any atom is 0.306 e. The predicted octanol–water partition coefficient (Wildman–Crippen LogP) is 1.88. The van der Waals surface area contributed by atoms with E-state index in [1.807, 2.05) is 0 Å². The summed E-state index contributed by atoms with van der Waals surface area (Å²) in [4.78, 5) is 11.0. The van der Waals surface area contributed by atoms with Crippen molar-refractivity contribution in [3.05, 3.63) is 0 Å². The lowest BCUT2D eigenvalue weighted by Crippen LogP contribution is -2.27. The van der Waals surface area contributed by atoms with E-state index < -0.39 is 0 Å². The summed E-state index contributed by atoms with van der Waals surface area (Å²) >= 11 is 0. The second-order valence-corrected chi connectivity index (χ2v) is 3.70. The number of hydrogen-bond acceptors (Lipinski definition) is 2. The first-order chi connectivity index (χ1) is 5.34. The first kappa shape index (κ1) is 7.14. The van der Waals surface area contributed by atoms with Crippen LogP contribution in [0.15, 0.2) is 0 Å². The Balaban J connectivity index is 2.04. The Bertz CT molecular complexity index is 149. The van der Waals surface area contributed by atoms with E-state index >= 15 is 0 Å². The van der Waals surface area contributed by atoms with Crippen molar-refractivity contribution < 1.29 is 9.53 Å². The van der Waals surface area contributed by atoms with Crippen molar-refractivity contribution in [1.82, 2.24) is 0 Å². The summed E-state index contributed by atoms with van der Waals surface area (Å²) in [6.07, 6.45) is 6.95. The Morgan fingerprint density at radius 1 is 1.27 bits per heavy atom. The highest BCUT2D eigenvalue weighted by Crippen LogP contribution is 2.31. The van der Waals surface area contributed by atoms with E-state index in [0.29, 0.717) is 12.3 Å². The summed E-state index contributed by atoms with van der Waals surface area (Å²) in [6.45, 7) is 0. The number of carbonyl (C=O) groups is 1. The Kier molecular flexibility index (Phi) is 1.84. The fourth-order valence-electron chi connectivity index (χ4n) is 2.17. The van der Waals surface area contributed by atoms with E-state index in [1.165, 1.54) is 19.3 Å². The molecule has 1 aliphatic heterocycles. The monoisotopic (exact) mass is 154 g/mol. The Labute approximate surface area is 66.9 Å². The first-order valence-corrected chi connectivity index (χ1v) is 4.54. The van der Waals surface area contributed by atoms with E-state index in [-0.39, 0.29) is 12.1 Å². The van der Waals surface area contributed by atoms with Crippen molar-refractivity contribution in [2.45, 2.75) is 44.6 Å². The third kappa shape index (κ3) is 1.55. The molecule has 2 bridgehead atoms. The van der Waals surface area contributed by atoms with Crippen LogP contribution in [-0.4, -0.2) is 12.1 Å². The summed E-state index contributed by atoms with van der Waals surface area (Å²) in [5.74, 6) is 0.678. The molecule has 0 aromatic rings. The molecule has 2 atom stereocenters. The summed E-state index contributed by atoms with van der Waals surface area (Å²) in [5, 5.41) is 0. The molecule has 2 nitrogen and oxygen atoms in total. The van der Waals surface area contributed by atoms with Crippen LogP contribution < -0.4 is 0 Å². The van der Waals surface area contributed by atoms with Crippen molar-refractivity contribution in [1.29, 1.82) is 0 Å². The number of fused-ring (bicyclic) bond motifs is 2. The molecule has 2 aliphatic rings. The molecular weight excluding hydrogens is 140 g/mol. The first-order valence-electron chi connectivity index (χ1n) is 4.54. The van der Waals surface area contributed by atoms with E-state index in [9.17, 15) is 4.79 Å². The molecule has 0 radical (unpaired) electrons. The zero-order valence-corrected chi connectivity index (χ0v) is 6.71. The van der Waals surface area contributed by atoms with Crippen LogP contribution in [0.2, 0.25) is 0 Å². The van der Waals surface area contributed by atoms with E-state index in [2.05, 4.69) is 0 Å². The minimum Gasteiger partial charge on any atom is -0.462 e. The van der Waals surface area contributed by atoms with Gasteiger partial charge in [-0.05, 0) is 31.6 Å². The van der Waals surface area contributed by atoms with Gasteiger partial charge in [-0.1, -0.05) is 6.42 Å². The maximum atomic E-state index is 11.0. The third-order valence-corrected chi connectivity index (χ3v) is 2.74. The van der Waals surface area contributed by atoms with Gasteiger partial charge in [-0.25, -0.2) is 0 Å². The number of rotatable bonds is 0. The van der Waals surface area contributed by atoms with Crippen LogP contribution in [0.5, 0.6) is 0 Å². The van der Waals surface area contributed by atoms with Gasteiger partial charge in [0.25, 0.3) is 0 Å². The van der Waals surface area contributed by atoms with Crippen LogP contribution in [0.1, 0.15) is 38.5 Å². The van der Waals surface area contributed by atoms with Crippen molar-refractivity contribution in [3.63, 3.8) is 0 Å². The highest BCUT2D eigenvalue weighted by Gasteiger charge is 2.29. The van der Waals surface area contributed by atoms with Gasteiger partial charge in [-0.2, -0.15) is 0 Å². The van der Waals surface area contributed by atoms with Crippen LogP contribution in [0.25, 0.3) is 0 Å². The van der Waals surface area contributed by atoms with Gasteiger partial charge in [0.05, 0.1) is 0 Å². The number of ether oxygens (including phenoxy) is 1. The summed E-state index contributed by atoms with van der Waals surface area (Å²) in [6, 6.07) is 0. The highest BCUT2D eigenvalue weighted by molar-refractivity contribution is 5.70. The second kappa shape index (κ2) is 2.84. The minimum atomic E-state index is 0.0353. The largest absolute Gasteiger partial charge is 0.462 e. The molecule has 1 saturated carbocycles. The molecule has 2 heteroatoms. The van der Waals surface area contributed by atoms with Crippen LogP contribution >= 0.6 is 0 Å². The van der Waals surface area contributed by atoms with Gasteiger partial charge in [0.15, 0.2) is 0 Å². The van der Waals surface area contributed by atoms with Crippen LogP contribution in [-0.2, 0) is 9.53 Å². The van der Waals surface area contributed by atoms with Gasteiger partial charge in [0.1, 0.15) is 6.10 Å². The second-order valence-electron chi connectivity index (χ2n) is 3.70. The Morgan fingerprint density at radius 2 is 2.09 bits per heavy atom. The summed E-state index contributed by atoms with van der Waals surface area (Å²) in [5.41, 5.74) is 0. The fraction of sp³-hybridized carbons (Fsp3) is 0.889. The molecule has 1 saturated heterocycles. The molecule has 0 aromatic heterocycles. The zero-order chi connectivity index (χ0) is 7.68. The van der Waals surface area contributed by atoms with E-state index in [4.69, 9.17) is 4.74 Å².